The molecule has 6 heteroatoms. The second-order valence-electron chi connectivity index (χ2n) is 7.52. The van der Waals surface area contributed by atoms with Crippen LogP contribution in [0, 0.1) is 0 Å². The molecule has 0 bridgehead atoms. The van der Waals surface area contributed by atoms with Crippen molar-refractivity contribution in [1.82, 2.24) is 10.3 Å². The predicted molar refractivity (Wildman–Crippen MR) is 127 cm³/mol. The molecule has 1 amide bonds. The highest BCUT2D eigenvalue weighted by atomic mass is 16.1. The third-order valence-electron chi connectivity index (χ3n) is 4.88. The largest absolute Gasteiger partial charge is 0.354 e. The Morgan fingerprint density at radius 2 is 1.84 bits per heavy atom. The highest BCUT2D eigenvalue weighted by Gasteiger charge is 2.23. The van der Waals surface area contributed by atoms with Gasteiger partial charge in [0.15, 0.2) is 0 Å². The van der Waals surface area contributed by atoms with Crippen LogP contribution in [-0.2, 0) is 0 Å². The van der Waals surface area contributed by atoms with Crippen LogP contribution in [0.15, 0.2) is 82.5 Å². The molecule has 0 aliphatic heterocycles. The van der Waals surface area contributed by atoms with E-state index in [9.17, 15) is 9.59 Å². The number of hydrogen-bond donors (Lipinski definition) is 3. The number of carbonyl (C=O) groups is 1. The summed E-state index contributed by atoms with van der Waals surface area (Å²) < 4.78 is 0. The fraction of sp³-hybridized carbons (Fsp3) is 0.240. The number of nitrogens with one attached hydrogen (secondary N) is 3. The van der Waals surface area contributed by atoms with Crippen LogP contribution in [0.5, 0.6) is 0 Å². The maximum atomic E-state index is 12.2. The molecule has 6 nitrogen and oxygen atoms in total. The number of nitrogens with zero attached hydrogens (tertiary/aromatic N) is 1. The van der Waals surface area contributed by atoms with Gasteiger partial charge in [-0.3, -0.25) is 14.6 Å². The topological polar surface area (TPSA) is 86.3 Å². The van der Waals surface area contributed by atoms with E-state index in [1.165, 1.54) is 0 Å². The number of anilines is 1. The van der Waals surface area contributed by atoms with E-state index in [1.54, 1.807) is 18.5 Å². The molecule has 3 N–H and O–H groups in total. The number of amides is 1. The predicted octanol–water partition coefficient (Wildman–Crippen LogP) is 4.66. The summed E-state index contributed by atoms with van der Waals surface area (Å²) in [5.41, 5.74) is 4.80. The molecule has 0 unspecified atom stereocenters. The van der Waals surface area contributed by atoms with Gasteiger partial charge < -0.3 is 15.6 Å². The molecule has 1 aliphatic carbocycles. The van der Waals surface area contributed by atoms with Crippen LogP contribution in [0.4, 0.5) is 5.69 Å². The zero-order valence-electron chi connectivity index (χ0n) is 18.1. The maximum Gasteiger partial charge on any atom is 0.251 e. The molecule has 160 valence electrons. The molecule has 2 aromatic rings. The highest BCUT2D eigenvalue weighted by Crippen LogP contribution is 2.20. The van der Waals surface area contributed by atoms with Crippen molar-refractivity contribution in [3.05, 3.63) is 94.2 Å². The van der Waals surface area contributed by atoms with Crippen LogP contribution in [0.25, 0.3) is 5.57 Å². The van der Waals surface area contributed by atoms with E-state index in [0.29, 0.717) is 11.6 Å². The summed E-state index contributed by atoms with van der Waals surface area (Å²) in [4.78, 5) is 30.8. The highest BCUT2D eigenvalue weighted by molar-refractivity contribution is 6.01. The molecule has 0 atom stereocenters. The van der Waals surface area contributed by atoms with Gasteiger partial charge in [0.05, 0.1) is 11.4 Å². The number of rotatable bonds is 8. The number of aromatic nitrogens is 1. The van der Waals surface area contributed by atoms with E-state index in [0.717, 1.165) is 41.1 Å². The molecule has 31 heavy (non-hydrogen) atoms. The summed E-state index contributed by atoms with van der Waals surface area (Å²) in [5, 5.41) is 6.37. The number of allylic oxidation sites excluding steroid dienone is 5. The minimum absolute atomic E-state index is 0.0351. The van der Waals surface area contributed by atoms with E-state index >= 15 is 0 Å². The van der Waals surface area contributed by atoms with Crippen molar-refractivity contribution in [2.75, 3.05) is 5.32 Å². The van der Waals surface area contributed by atoms with Gasteiger partial charge in [0.1, 0.15) is 0 Å². The van der Waals surface area contributed by atoms with Gasteiger partial charge in [-0.05, 0) is 81.2 Å². The molecule has 1 aromatic carbocycles. The SMILES string of the molecule is C\C=C/N=C(C)\C(=C/C=C(\C)c1cc[nH]c(=O)c1)Nc1ccc(C(=O)NC2CC2)cc1. The normalized spacial score (nSPS) is 15.3. The van der Waals surface area contributed by atoms with Crippen LogP contribution in [0.2, 0.25) is 0 Å². The summed E-state index contributed by atoms with van der Waals surface area (Å²) in [6.45, 7) is 5.79. The quantitative estimate of drug-likeness (QED) is 0.432. The number of hydrogen-bond acceptors (Lipinski definition) is 4. The third-order valence-corrected chi connectivity index (χ3v) is 4.88. The van der Waals surface area contributed by atoms with Gasteiger partial charge in [0.2, 0.25) is 5.56 Å². The van der Waals surface area contributed by atoms with Gasteiger partial charge in [0.25, 0.3) is 5.91 Å². The minimum Gasteiger partial charge on any atom is -0.354 e. The van der Waals surface area contributed by atoms with Gasteiger partial charge in [-0.25, -0.2) is 0 Å². The van der Waals surface area contributed by atoms with Crippen LogP contribution in [-0.4, -0.2) is 22.6 Å². The van der Waals surface area contributed by atoms with Crippen LogP contribution in [0.3, 0.4) is 0 Å². The summed E-state index contributed by atoms with van der Waals surface area (Å²) in [6, 6.07) is 11.2. The second kappa shape index (κ2) is 10.4. The Morgan fingerprint density at radius 1 is 1.10 bits per heavy atom. The van der Waals surface area contributed by atoms with Crippen molar-refractivity contribution in [1.29, 1.82) is 0 Å². The zero-order valence-corrected chi connectivity index (χ0v) is 18.1. The van der Waals surface area contributed by atoms with Crippen molar-refractivity contribution in [3.63, 3.8) is 0 Å². The third kappa shape index (κ3) is 6.67. The lowest BCUT2D eigenvalue weighted by atomic mass is 10.1. The Balaban J connectivity index is 1.81. The number of benzene rings is 1. The molecule has 1 heterocycles. The van der Waals surface area contributed by atoms with Gasteiger partial charge in [0, 0.05) is 35.8 Å². The van der Waals surface area contributed by atoms with Crippen molar-refractivity contribution in [3.8, 4) is 0 Å². The van der Waals surface area contributed by atoms with Gasteiger partial charge >= 0.3 is 0 Å². The first-order valence-electron chi connectivity index (χ1n) is 10.4. The molecule has 0 spiro atoms. The Hall–Kier alpha value is -3.67. The molecule has 0 radical (unpaired) electrons. The minimum atomic E-state index is -0.135. The molecule has 1 aromatic heterocycles. The lowest BCUT2D eigenvalue weighted by Gasteiger charge is -2.11. The molecular weight excluding hydrogens is 388 g/mol. The number of H-pyrrole nitrogens is 1. The number of carbonyl (C=O) groups excluding carboxylic acids is 1. The summed E-state index contributed by atoms with van der Waals surface area (Å²) >= 11 is 0. The Kier molecular flexibility index (Phi) is 7.38. The molecule has 1 fully saturated rings. The van der Waals surface area contributed by atoms with Gasteiger partial charge in [-0.2, -0.15) is 0 Å². The Morgan fingerprint density at radius 3 is 2.48 bits per heavy atom. The zero-order chi connectivity index (χ0) is 22.2. The average molecular weight is 417 g/mol. The molecule has 0 saturated heterocycles. The van der Waals surface area contributed by atoms with Crippen molar-refractivity contribution < 1.29 is 4.79 Å². The van der Waals surface area contributed by atoms with Crippen LogP contribution in [0.1, 0.15) is 49.5 Å². The van der Waals surface area contributed by atoms with Gasteiger partial charge in [-0.1, -0.05) is 12.2 Å². The lowest BCUT2D eigenvalue weighted by Crippen LogP contribution is -2.25. The molecule has 3 rings (SSSR count). The summed E-state index contributed by atoms with van der Waals surface area (Å²) in [5.74, 6) is -0.0351. The van der Waals surface area contributed by atoms with E-state index in [4.69, 9.17) is 0 Å². The fourth-order valence-electron chi connectivity index (χ4n) is 2.86. The standard InChI is InChI=1S/C25H28N4O2/c1-4-14-26-18(3)23(12-5-17(2)20-13-15-27-24(30)16-20)28-21-8-6-19(7-9-21)25(31)29-22-10-11-22/h4-9,12-16,22,28H,10-11H2,1-3H3,(H,27,30)(H,29,31)/b14-4-,17-5+,23-12+,26-18-. The average Bonchev–Trinajstić information content (AvgIpc) is 3.59. The second-order valence-corrected chi connectivity index (χ2v) is 7.52. The van der Waals surface area contributed by atoms with Crippen molar-refractivity contribution in [2.45, 2.75) is 39.7 Å². The van der Waals surface area contributed by atoms with E-state index in [1.807, 2.05) is 69.3 Å². The van der Waals surface area contributed by atoms with E-state index in [-0.39, 0.29) is 11.5 Å². The smallest absolute Gasteiger partial charge is 0.251 e. The van der Waals surface area contributed by atoms with Crippen LogP contribution >= 0.6 is 0 Å². The first-order chi connectivity index (χ1) is 15.0. The summed E-state index contributed by atoms with van der Waals surface area (Å²) in [7, 11) is 0. The monoisotopic (exact) mass is 416 g/mol. The molecular formula is C25H28N4O2. The van der Waals surface area contributed by atoms with Crippen molar-refractivity contribution in [2.24, 2.45) is 4.99 Å². The van der Waals surface area contributed by atoms with E-state index < -0.39 is 0 Å². The maximum absolute atomic E-state index is 12.2. The fourth-order valence-corrected chi connectivity index (χ4v) is 2.86. The number of pyridine rings is 1. The lowest BCUT2D eigenvalue weighted by molar-refractivity contribution is 0.0951. The first kappa shape index (κ1) is 22.0. The Labute approximate surface area is 182 Å². The molecule has 1 saturated carbocycles. The van der Waals surface area contributed by atoms with E-state index in [2.05, 4.69) is 20.6 Å². The summed E-state index contributed by atoms with van der Waals surface area (Å²) in [6.07, 6.45) is 11.3. The van der Waals surface area contributed by atoms with Gasteiger partial charge in [-0.15, -0.1) is 0 Å². The van der Waals surface area contributed by atoms with Crippen molar-refractivity contribution >= 4 is 22.9 Å². The first-order valence-corrected chi connectivity index (χ1v) is 10.4. The number of aromatic amines is 1. The molecule has 1 aliphatic rings. The number of aliphatic imine (C=N–C) groups is 1. The van der Waals surface area contributed by atoms with Crippen LogP contribution < -0.4 is 16.2 Å². The Bertz CT molecular complexity index is 1100.